The van der Waals surface area contributed by atoms with Gasteiger partial charge in [0.15, 0.2) is 23.2 Å². The Balaban J connectivity index is 1.62. The highest BCUT2D eigenvalue weighted by Gasteiger charge is 2.45. The second-order valence-corrected chi connectivity index (χ2v) is 21.8. The molecule has 0 unspecified atom stereocenters. The number of nitrogens with zero attached hydrogens (tertiary/aromatic N) is 5. The Hall–Kier alpha value is -9.17. The van der Waals surface area contributed by atoms with Crippen molar-refractivity contribution in [2.75, 3.05) is 43.1 Å². The normalized spacial score (nSPS) is 14.7. The van der Waals surface area contributed by atoms with Gasteiger partial charge in [0, 0.05) is 20.0 Å². The van der Waals surface area contributed by atoms with Crippen LogP contribution in [0.4, 0.5) is 22.7 Å². The number of nitro groups is 2. The number of ether oxygens (including phenoxy) is 1. The Kier molecular flexibility index (Phi) is 26.2. The minimum absolute atomic E-state index is 0.0132. The molecule has 476 valence electrons. The van der Waals surface area contributed by atoms with E-state index in [2.05, 4.69) is 26.6 Å². The summed E-state index contributed by atoms with van der Waals surface area (Å²) in [5.41, 5.74) is 22.3. The molecule has 3 aromatic rings. The zero-order chi connectivity index (χ0) is 65.1. The average molecular weight is 1220 g/mol. The Bertz CT molecular complexity index is 3130. The van der Waals surface area contributed by atoms with Crippen LogP contribution in [0.1, 0.15) is 116 Å². The SMILES string of the molecule is COc1c(N(C(C)=O)[C@@H](CCCCN)C(=O)N2CCC[C@H]2C(=O)N[C@@H](CC(C)C)C(=O)NCC(=O)N[C@@H](CC(C)C)C(=O)c2ccc(N(C(=O)CC(N)N)[C@@H](C)C(=O)N[C@@H](CCCNC(=N)N)C(N)=O)c([N+](=O)[O-])c2[N+](=O)[O-])c(=O)oc2ccccc12. The summed E-state index contributed by atoms with van der Waals surface area (Å²) < 4.78 is 11.3. The number of likely N-dealkylation sites (tertiary alicyclic amines) is 1. The minimum Gasteiger partial charge on any atom is -0.493 e. The summed E-state index contributed by atoms with van der Waals surface area (Å²) in [5, 5.41) is 46.0. The lowest BCUT2D eigenvalue weighted by Gasteiger charge is -2.35. The molecule has 0 radical (unpaired) electrons. The molecule has 2 heterocycles. The first-order valence-electron chi connectivity index (χ1n) is 28.3. The number of guanidine groups is 1. The van der Waals surface area contributed by atoms with E-state index in [0.29, 0.717) is 29.5 Å². The van der Waals surface area contributed by atoms with Crippen molar-refractivity contribution in [2.24, 2.45) is 40.5 Å². The van der Waals surface area contributed by atoms with Crippen LogP contribution in [0.2, 0.25) is 0 Å². The number of fused-ring (bicyclic) bond motifs is 1. The Morgan fingerprint density at radius 2 is 1.46 bits per heavy atom. The molecule has 8 amide bonds. The quantitative estimate of drug-likeness (QED) is 0.00563. The van der Waals surface area contributed by atoms with E-state index in [1.54, 1.807) is 52.0 Å². The number of hydrogen-bond donors (Lipinski definition) is 11. The van der Waals surface area contributed by atoms with E-state index in [0.717, 1.165) is 24.0 Å². The number of ketones is 1. The number of nitrogens with one attached hydrogen (secondary N) is 6. The standard InChI is InChI=1S/C55H80N16O16/c1-28(2)24-35(47(75)33-19-20-37(45(71(84)85)44(33)70(82)83)68(43(74)26-41(57)58)30(5)50(77)65-34(49(59)76)15-12-22-62-55(60)61)64-42(73)27-63-51(78)36(25-29(3)4)66-52(79)38-17-13-23-67(38)53(80)39(16-10-11-21-56)69(31(6)72)46-48(86-7)32-14-8-9-18-40(32)87-54(46)81/h8-9,14,18-20,28-30,34-36,38-39,41H,10-13,15-17,21-27,56-58H2,1-7H3,(H2,59,76)(H,63,78)(H,64,73)(H,65,77)(H,66,79)(H4,60,61,62)/t30-,34-,35-,36-,38-,39-/m0/s1. The van der Waals surface area contributed by atoms with Crippen LogP contribution in [0, 0.1) is 37.5 Å². The number of rotatable bonds is 33. The maximum absolute atomic E-state index is 14.8. The van der Waals surface area contributed by atoms with Crippen LogP contribution in [0.15, 0.2) is 45.6 Å². The molecule has 32 heteroatoms. The van der Waals surface area contributed by atoms with E-state index in [9.17, 15) is 68.2 Å². The van der Waals surface area contributed by atoms with Gasteiger partial charge in [-0.05, 0) is 107 Å². The van der Waals surface area contributed by atoms with Crippen molar-refractivity contribution in [3.63, 3.8) is 0 Å². The number of methoxy groups -OCH3 is 1. The zero-order valence-electron chi connectivity index (χ0n) is 49.7. The summed E-state index contributed by atoms with van der Waals surface area (Å²) in [5.74, 6) is -9.52. The van der Waals surface area contributed by atoms with Gasteiger partial charge < -0.3 is 69.3 Å². The zero-order valence-corrected chi connectivity index (χ0v) is 49.7. The molecule has 4 rings (SSSR count). The predicted molar refractivity (Wildman–Crippen MR) is 317 cm³/mol. The summed E-state index contributed by atoms with van der Waals surface area (Å²) in [6.45, 7) is 8.62. The molecule has 16 N–H and O–H groups in total. The number of nitro benzene ring substituents is 2. The molecule has 87 heavy (non-hydrogen) atoms. The number of amides is 8. The van der Waals surface area contributed by atoms with E-state index in [1.807, 2.05) is 0 Å². The van der Waals surface area contributed by atoms with Gasteiger partial charge in [0.1, 0.15) is 47.0 Å². The fraction of sp³-hybridized carbons (Fsp3) is 0.545. The number of anilines is 2. The number of Topliss-reactive ketones (excluding diaryl/α,β-unsaturated/α-hetero) is 1. The first kappa shape index (κ1) is 70.3. The highest BCUT2D eigenvalue weighted by atomic mass is 16.6. The van der Waals surface area contributed by atoms with Crippen molar-refractivity contribution in [3.8, 4) is 5.75 Å². The lowest BCUT2D eigenvalue weighted by molar-refractivity contribution is -0.422. The predicted octanol–water partition coefficient (Wildman–Crippen LogP) is 0.109. The molecule has 0 bridgehead atoms. The van der Waals surface area contributed by atoms with E-state index in [4.69, 9.17) is 43.2 Å². The van der Waals surface area contributed by atoms with Gasteiger partial charge in [0.05, 0.1) is 47.5 Å². The molecule has 2 aromatic carbocycles. The summed E-state index contributed by atoms with van der Waals surface area (Å²) in [6.07, 6.45) is -1.05. The van der Waals surface area contributed by atoms with Crippen molar-refractivity contribution in [1.82, 2.24) is 31.5 Å². The molecule has 0 aliphatic carbocycles. The summed E-state index contributed by atoms with van der Waals surface area (Å²) >= 11 is 0. The Morgan fingerprint density at radius 1 is 0.816 bits per heavy atom. The Morgan fingerprint density at radius 3 is 2.03 bits per heavy atom. The summed E-state index contributed by atoms with van der Waals surface area (Å²) in [4.78, 5) is 165. The first-order valence-corrected chi connectivity index (χ1v) is 28.3. The van der Waals surface area contributed by atoms with E-state index < -0.39 is 152 Å². The van der Waals surface area contributed by atoms with Gasteiger partial charge in [-0.15, -0.1) is 0 Å². The van der Waals surface area contributed by atoms with Gasteiger partial charge >= 0.3 is 17.0 Å². The second kappa shape index (κ2) is 32.4. The lowest BCUT2D eigenvalue weighted by atomic mass is 9.93. The van der Waals surface area contributed by atoms with Crippen LogP contribution in [-0.2, 0) is 38.4 Å². The van der Waals surface area contributed by atoms with Crippen LogP contribution in [0.25, 0.3) is 11.0 Å². The molecule has 32 nitrogen and oxygen atoms in total. The van der Waals surface area contributed by atoms with Crippen molar-refractivity contribution < 1.29 is 62.2 Å². The van der Waals surface area contributed by atoms with Gasteiger partial charge in [-0.1, -0.05) is 39.8 Å². The maximum Gasteiger partial charge on any atom is 0.370 e. The third-order valence-electron chi connectivity index (χ3n) is 14.1. The van der Waals surface area contributed by atoms with E-state index in [1.165, 1.54) is 18.9 Å². The maximum atomic E-state index is 14.8. The third kappa shape index (κ3) is 18.7. The number of carbonyl (C=O) groups is 9. The van der Waals surface area contributed by atoms with Crippen LogP contribution in [0.3, 0.4) is 0 Å². The molecule has 1 aliphatic rings. The van der Waals surface area contributed by atoms with Crippen molar-refractivity contribution in [1.29, 1.82) is 5.41 Å². The third-order valence-corrected chi connectivity index (χ3v) is 14.1. The topological polar surface area (TPSA) is 503 Å². The van der Waals surface area contributed by atoms with Crippen LogP contribution >= 0.6 is 0 Å². The molecule has 1 aromatic heterocycles. The van der Waals surface area contributed by atoms with Gasteiger partial charge in [0.25, 0.3) is 0 Å². The average Bonchev–Trinajstić information content (AvgIpc) is 1.10. The monoisotopic (exact) mass is 1220 g/mol. The van der Waals surface area contributed by atoms with E-state index >= 15 is 0 Å². The molecular weight excluding hydrogens is 1140 g/mol. The molecule has 0 saturated carbocycles. The number of para-hydroxylation sites is 1. The number of benzene rings is 2. The van der Waals surface area contributed by atoms with Crippen molar-refractivity contribution in [3.05, 3.63) is 72.6 Å². The Labute approximate surface area is 500 Å². The number of nitrogens with two attached hydrogens (primary N) is 5. The molecule has 1 aliphatic heterocycles. The minimum atomic E-state index is -1.79. The smallest absolute Gasteiger partial charge is 0.370 e. The molecule has 6 atom stereocenters. The van der Waals surface area contributed by atoms with Crippen LogP contribution in [-0.4, -0.2) is 149 Å². The van der Waals surface area contributed by atoms with Gasteiger partial charge in [-0.2, -0.15) is 0 Å². The van der Waals surface area contributed by atoms with Gasteiger partial charge in [-0.3, -0.25) is 78.6 Å². The van der Waals surface area contributed by atoms with E-state index in [-0.39, 0.29) is 87.1 Å². The highest BCUT2D eigenvalue weighted by Crippen LogP contribution is 2.42. The molecule has 0 spiro atoms. The summed E-state index contributed by atoms with van der Waals surface area (Å²) in [7, 11) is 1.30. The summed E-state index contributed by atoms with van der Waals surface area (Å²) in [6, 6.07) is -0.557. The second-order valence-electron chi connectivity index (χ2n) is 21.8. The van der Waals surface area contributed by atoms with Gasteiger partial charge in [-0.25, -0.2) is 4.79 Å². The molecule has 1 fully saturated rings. The van der Waals surface area contributed by atoms with Crippen molar-refractivity contribution in [2.45, 2.75) is 148 Å². The lowest BCUT2D eigenvalue weighted by Crippen LogP contribution is -2.58. The molecule has 1 saturated heterocycles. The number of hydrogen-bond acceptors (Lipinski definition) is 20. The van der Waals surface area contributed by atoms with Crippen molar-refractivity contribution >= 4 is 92.7 Å². The first-order chi connectivity index (χ1) is 41.0. The number of unbranched alkanes of at least 4 members (excludes halogenated alkanes) is 1. The van der Waals surface area contributed by atoms with Crippen LogP contribution in [0.5, 0.6) is 5.75 Å². The highest BCUT2D eigenvalue weighted by molar-refractivity contribution is 6.10. The van der Waals surface area contributed by atoms with Crippen LogP contribution < -0.4 is 75.4 Å². The number of primary amides is 1. The fourth-order valence-corrected chi connectivity index (χ4v) is 10.2. The number of carbonyl (C=O) groups excluding carboxylic acids is 9. The van der Waals surface area contributed by atoms with Gasteiger partial charge in [0.2, 0.25) is 47.3 Å². The largest absolute Gasteiger partial charge is 0.493 e. The fourth-order valence-electron chi connectivity index (χ4n) is 10.2. The molecular formula is C55H80N16O16.